The van der Waals surface area contributed by atoms with Crippen molar-refractivity contribution in [1.82, 2.24) is 9.80 Å². The Morgan fingerprint density at radius 2 is 0.644 bits per heavy atom. The van der Waals surface area contributed by atoms with Gasteiger partial charge in [0, 0.05) is 29.1 Å². The first-order valence-electron chi connectivity index (χ1n) is 20.2. The van der Waals surface area contributed by atoms with Crippen molar-refractivity contribution in [2.24, 2.45) is 0 Å². The van der Waals surface area contributed by atoms with Crippen LogP contribution in [-0.2, 0) is 9.59 Å². The fourth-order valence-corrected chi connectivity index (χ4v) is 6.85. The van der Waals surface area contributed by atoms with Gasteiger partial charge in [0.2, 0.25) is 9.70 Å². The van der Waals surface area contributed by atoms with Crippen LogP contribution in [0.25, 0.3) is 0 Å². The van der Waals surface area contributed by atoms with E-state index in [1.165, 1.54) is 180 Å². The van der Waals surface area contributed by atoms with Crippen molar-refractivity contribution in [2.45, 2.75) is 213 Å². The second-order valence-corrected chi connectivity index (χ2v) is 15.2. The fraction of sp³-hybridized carbons (Fsp3) is 0.950. The molecule has 0 N–H and O–H groups in total. The molecule has 0 aliphatic carbocycles. The Morgan fingerprint density at radius 3 is 0.933 bits per heavy atom. The second-order valence-electron chi connectivity index (χ2n) is 14.0. The zero-order valence-corrected chi connectivity index (χ0v) is 33.0. The topological polar surface area (TPSA) is 40.6 Å². The highest BCUT2D eigenvalue weighted by Crippen LogP contribution is 2.14. The molecule has 0 aromatic heterocycles. The van der Waals surface area contributed by atoms with Crippen LogP contribution in [0.1, 0.15) is 213 Å². The minimum Gasteiger partial charge on any atom is -0.333 e. The third kappa shape index (κ3) is 33.5. The molecular formula is C40H79IN2O2. The molecule has 0 aromatic rings. The van der Waals surface area contributed by atoms with Gasteiger partial charge >= 0.3 is 0 Å². The number of hydrogen-bond donors (Lipinski definition) is 0. The summed E-state index contributed by atoms with van der Waals surface area (Å²) < 4.78 is 0.0731. The Kier molecular flexibility index (Phi) is 36.5. The van der Waals surface area contributed by atoms with Gasteiger partial charge in [0.25, 0.3) is 0 Å². The molecule has 0 atom stereocenters. The lowest BCUT2D eigenvalue weighted by Crippen LogP contribution is -2.43. The number of rotatable bonds is 37. The second kappa shape index (κ2) is 36.7. The van der Waals surface area contributed by atoms with Crippen molar-refractivity contribution in [3.63, 3.8) is 0 Å². The Labute approximate surface area is 296 Å². The summed E-state index contributed by atoms with van der Waals surface area (Å²) in [5, 5.41) is 0. The lowest BCUT2D eigenvalue weighted by atomic mass is 10.1. The molecule has 5 heteroatoms. The molecule has 0 radical (unpaired) electrons. The van der Waals surface area contributed by atoms with E-state index < -0.39 is 0 Å². The van der Waals surface area contributed by atoms with E-state index >= 15 is 0 Å². The van der Waals surface area contributed by atoms with Crippen molar-refractivity contribution in [1.29, 1.82) is 0 Å². The minimum absolute atomic E-state index is 0.0731. The highest BCUT2D eigenvalue weighted by atomic mass is 127. The molecule has 4 nitrogen and oxygen atoms in total. The number of carbonyl (C=O) groups excluding carboxylic acids is 2. The van der Waals surface area contributed by atoms with E-state index in [2.05, 4.69) is 25.7 Å². The molecule has 0 aliphatic heterocycles. The lowest BCUT2D eigenvalue weighted by Gasteiger charge is -2.27. The number of amides is 1. The molecule has 0 saturated heterocycles. The van der Waals surface area contributed by atoms with Gasteiger partial charge in [-0.3, -0.25) is 14.5 Å². The first kappa shape index (κ1) is 44.8. The summed E-state index contributed by atoms with van der Waals surface area (Å²) >= 11 is 1.87. The Bertz CT molecular complexity index is 605. The molecule has 1 amide bonds. The molecule has 0 bridgehead atoms. The predicted molar refractivity (Wildman–Crippen MR) is 208 cm³/mol. The smallest absolute Gasteiger partial charge is 0.237 e. The molecule has 0 unspecified atom stereocenters. The summed E-state index contributed by atoms with van der Waals surface area (Å²) in [6.45, 7) is 10.4. The number of halogens is 1. The van der Waals surface area contributed by atoms with Gasteiger partial charge in [-0.2, -0.15) is 0 Å². The SMILES string of the molecule is CCCCCCCCCCCCN(CCCCCCCCCCCC)CC(=O)N(CCCCCCCCCCCC)CC(=O)I. The molecule has 0 spiro atoms. The van der Waals surface area contributed by atoms with Gasteiger partial charge in [-0.05, 0) is 32.4 Å². The van der Waals surface area contributed by atoms with Gasteiger partial charge in [0.05, 0.1) is 13.1 Å². The van der Waals surface area contributed by atoms with Gasteiger partial charge in [-0.1, -0.05) is 194 Å². The summed E-state index contributed by atoms with van der Waals surface area (Å²) in [5.74, 6) is 0.162. The van der Waals surface area contributed by atoms with Gasteiger partial charge in [0.15, 0.2) is 0 Å². The van der Waals surface area contributed by atoms with Crippen molar-refractivity contribution in [3.8, 4) is 0 Å². The quantitative estimate of drug-likeness (QED) is 0.0361. The van der Waals surface area contributed by atoms with E-state index in [1.807, 2.05) is 27.5 Å². The third-order valence-corrected chi connectivity index (χ3v) is 9.81. The van der Waals surface area contributed by atoms with Crippen LogP contribution in [0.15, 0.2) is 0 Å². The standard InChI is InChI=1S/C40H79IN2O2/c1-4-7-10-13-16-19-22-25-28-31-34-42(35-32-29-26-23-20-17-14-11-8-5-2)38-40(45)43(37-39(41)44)36-33-30-27-24-21-18-15-12-9-6-3/h4-38H2,1-3H3. The van der Waals surface area contributed by atoms with Crippen LogP contribution >= 0.6 is 22.6 Å². The van der Waals surface area contributed by atoms with Crippen LogP contribution < -0.4 is 0 Å². The first-order chi connectivity index (χ1) is 22.0. The van der Waals surface area contributed by atoms with Crippen LogP contribution in [0.3, 0.4) is 0 Å². The first-order valence-corrected chi connectivity index (χ1v) is 21.3. The van der Waals surface area contributed by atoms with Gasteiger partial charge in [0.1, 0.15) is 0 Å². The normalized spacial score (nSPS) is 11.5. The summed E-state index contributed by atoms with van der Waals surface area (Å²) in [4.78, 5) is 29.8. The average molecular weight is 747 g/mol. The van der Waals surface area contributed by atoms with E-state index in [4.69, 9.17) is 0 Å². The number of unbranched alkanes of at least 4 members (excludes halogenated alkanes) is 27. The van der Waals surface area contributed by atoms with Crippen LogP contribution in [-0.4, -0.2) is 52.2 Å². The van der Waals surface area contributed by atoms with Crippen molar-refractivity contribution >= 4 is 32.3 Å². The lowest BCUT2D eigenvalue weighted by molar-refractivity contribution is -0.134. The number of hydrogen-bond acceptors (Lipinski definition) is 3. The van der Waals surface area contributed by atoms with Gasteiger partial charge in [-0.25, -0.2) is 0 Å². The van der Waals surface area contributed by atoms with Crippen molar-refractivity contribution in [3.05, 3.63) is 0 Å². The molecule has 0 rings (SSSR count). The summed E-state index contributed by atoms with van der Waals surface area (Å²) in [6, 6.07) is 0. The van der Waals surface area contributed by atoms with E-state index in [1.54, 1.807) is 0 Å². The zero-order valence-electron chi connectivity index (χ0n) is 30.8. The molecular weight excluding hydrogens is 667 g/mol. The van der Waals surface area contributed by atoms with Gasteiger partial charge in [-0.15, -0.1) is 0 Å². The summed E-state index contributed by atoms with van der Waals surface area (Å²) in [7, 11) is 0. The van der Waals surface area contributed by atoms with Gasteiger partial charge < -0.3 is 4.90 Å². The minimum atomic E-state index is 0.0731. The predicted octanol–water partition coefficient (Wildman–Crippen LogP) is 12.8. The molecule has 0 aliphatic rings. The van der Waals surface area contributed by atoms with Crippen LogP contribution in [0.5, 0.6) is 0 Å². The van der Waals surface area contributed by atoms with E-state index in [0.29, 0.717) is 6.54 Å². The maximum absolute atomic E-state index is 13.5. The molecule has 0 fully saturated rings. The van der Waals surface area contributed by atoms with Crippen molar-refractivity contribution in [2.75, 3.05) is 32.7 Å². The highest BCUT2D eigenvalue weighted by molar-refractivity contribution is 14.1. The molecule has 268 valence electrons. The van der Waals surface area contributed by atoms with Crippen LogP contribution in [0.4, 0.5) is 0 Å². The fourth-order valence-electron chi connectivity index (χ4n) is 6.44. The third-order valence-electron chi connectivity index (χ3n) is 9.46. The summed E-state index contributed by atoms with van der Waals surface area (Å²) in [5.41, 5.74) is 0. The maximum Gasteiger partial charge on any atom is 0.237 e. The highest BCUT2D eigenvalue weighted by Gasteiger charge is 2.19. The van der Waals surface area contributed by atoms with Crippen LogP contribution in [0, 0.1) is 0 Å². The largest absolute Gasteiger partial charge is 0.333 e. The number of carbonyl (C=O) groups is 2. The maximum atomic E-state index is 13.5. The summed E-state index contributed by atoms with van der Waals surface area (Å²) in [6.07, 6.45) is 39.7. The monoisotopic (exact) mass is 747 g/mol. The Morgan fingerprint density at radius 1 is 0.378 bits per heavy atom. The average Bonchev–Trinajstić information content (AvgIpc) is 3.02. The van der Waals surface area contributed by atoms with Crippen molar-refractivity contribution < 1.29 is 9.59 Å². The zero-order chi connectivity index (χ0) is 33.1. The Balaban J connectivity index is 4.55. The van der Waals surface area contributed by atoms with E-state index in [0.717, 1.165) is 32.5 Å². The van der Waals surface area contributed by atoms with Crippen LogP contribution in [0.2, 0.25) is 0 Å². The Hall–Kier alpha value is -0.170. The molecule has 45 heavy (non-hydrogen) atoms. The molecule has 0 aromatic carbocycles. The van der Waals surface area contributed by atoms with E-state index in [-0.39, 0.29) is 16.2 Å². The molecule has 0 saturated carbocycles. The number of nitrogens with zero attached hydrogens (tertiary/aromatic N) is 2. The van der Waals surface area contributed by atoms with E-state index in [9.17, 15) is 9.59 Å². The molecule has 0 heterocycles.